The van der Waals surface area contributed by atoms with Crippen molar-refractivity contribution in [3.05, 3.63) is 23.8 Å². The fourth-order valence-electron chi connectivity index (χ4n) is 2.21. The second kappa shape index (κ2) is 9.71. The molecule has 0 fully saturated rings. The van der Waals surface area contributed by atoms with Crippen LogP contribution in [0.3, 0.4) is 0 Å². The van der Waals surface area contributed by atoms with Gasteiger partial charge in [-0.15, -0.1) is 0 Å². The van der Waals surface area contributed by atoms with Crippen LogP contribution in [0.5, 0.6) is 11.5 Å². The maximum Gasteiger partial charge on any atom is 0.341 e. The van der Waals surface area contributed by atoms with E-state index in [0.717, 1.165) is 12.8 Å². The minimum atomic E-state index is -1.07. The van der Waals surface area contributed by atoms with Crippen molar-refractivity contribution in [3.8, 4) is 11.5 Å². The van der Waals surface area contributed by atoms with Crippen LogP contribution in [-0.2, 0) is 4.79 Å². The van der Waals surface area contributed by atoms with E-state index in [9.17, 15) is 9.59 Å². The average molecular weight is 323 g/mol. The summed E-state index contributed by atoms with van der Waals surface area (Å²) >= 11 is 0. The van der Waals surface area contributed by atoms with Crippen LogP contribution >= 0.6 is 0 Å². The Balaban J connectivity index is 3.00. The highest BCUT2D eigenvalue weighted by Crippen LogP contribution is 2.29. The van der Waals surface area contributed by atoms with Gasteiger partial charge in [0.15, 0.2) is 18.1 Å². The first-order valence-corrected chi connectivity index (χ1v) is 7.94. The molecule has 6 heteroatoms. The van der Waals surface area contributed by atoms with Gasteiger partial charge in [0.05, 0.1) is 6.61 Å². The summed E-state index contributed by atoms with van der Waals surface area (Å²) in [6.45, 7) is 7.23. The van der Waals surface area contributed by atoms with Crippen molar-refractivity contribution < 1.29 is 24.2 Å². The van der Waals surface area contributed by atoms with Gasteiger partial charge < -0.3 is 19.5 Å². The molecule has 0 spiro atoms. The molecule has 0 heterocycles. The van der Waals surface area contributed by atoms with Crippen molar-refractivity contribution in [2.24, 2.45) is 0 Å². The lowest BCUT2D eigenvalue weighted by atomic mass is 10.1. The van der Waals surface area contributed by atoms with E-state index in [1.54, 1.807) is 18.2 Å². The predicted octanol–water partition coefficient (Wildman–Crippen LogP) is 2.81. The summed E-state index contributed by atoms with van der Waals surface area (Å²) in [7, 11) is 0. The van der Waals surface area contributed by atoms with E-state index in [0.29, 0.717) is 36.8 Å². The zero-order valence-corrected chi connectivity index (χ0v) is 14.0. The maximum atomic E-state index is 12.6. The molecule has 1 N–H and O–H groups in total. The highest BCUT2D eigenvalue weighted by Gasteiger charge is 2.17. The smallest absolute Gasteiger partial charge is 0.341 e. The summed E-state index contributed by atoms with van der Waals surface area (Å²) in [6, 6.07) is 4.83. The summed E-state index contributed by atoms with van der Waals surface area (Å²) in [4.78, 5) is 25.0. The van der Waals surface area contributed by atoms with Gasteiger partial charge >= 0.3 is 5.97 Å². The number of carboxylic acid groups (broad SMARTS) is 1. The number of nitrogens with zero attached hydrogens (tertiary/aromatic N) is 1. The van der Waals surface area contributed by atoms with E-state index in [1.165, 1.54) is 0 Å². The standard InChI is InChI=1S/C17H25NO5/c1-4-9-18(10-5-2)17(21)13-7-8-14(23-12-16(19)20)15(11-13)22-6-3/h7-8,11H,4-6,9-10,12H2,1-3H3,(H,19,20). The van der Waals surface area contributed by atoms with Gasteiger partial charge in [-0.3, -0.25) is 4.79 Å². The molecule has 0 saturated carbocycles. The highest BCUT2D eigenvalue weighted by atomic mass is 16.5. The Morgan fingerprint density at radius 3 is 2.22 bits per heavy atom. The summed E-state index contributed by atoms with van der Waals surface area (Å²) in [5.74, 6) is -0.417. The van der Waals surface area contributed by atoms with Crippen molar-refractivity contribution in [3.63, 3.8) is 0 Å². The monoisotopic (exact) mass is 323 g/mol. The third-order valence-electron chi connectivity index (χ3n) is 3.12. The number of carbonyl (C=O) groups excluding carboxylic acids is 1. The van der Waals surface area contributed by atoms with Crippen LogP contribution in [0.25, 0.3) is 0 Å². The third kappa shape index (κ3) is 5.81. The highest BCUT2D eigenvalue weighted by molar-refractivity contribution is 5.95. The number of amides is 1. The van der Waals surface area contributed by atoms with Gasteiger partial charge in [-0.05, 0) is 38.0 Å². The Kier molecular flexibility index (Phi) is 7.94. The lowest BCUT2D eigenvalue weighted by molar-refractivity contribution is -0.139. The number of aliphatic carboxylic acids is 1. The quantitative estimate of drug-likeness (QED) is 0.716. The number of carbonyl (C=O) groups is 2. The predicted molar refractivity (Wildman–Crippen MR) is 87.2 cm³/mol. The molecule has 1 aromatic rings. The van der Waals surface area contributed by atoms with Crippen LogP contribution in [0.15, 0.2) is 18.2 Å². The summed E-state index contributed by atoms with van der Waals surface area (Å²) in [5, 5.41) is 8.70. The molecule has 1 aromatic carbocycles. The molecule has 6 nitrogen and oxygen atoms in total. The zero-order valence-electron chi connectivity index (χ0n) is 14.0. The molecular weight excluding hydrogens is 298 g/mol. The third-order valence-corrected chi connectivity index (χ3v) is 3.12. The molecule has 0 radical (unpaired) electrons. The van der Waals surface area contributed by atoms with E-state index in [1.807, 2.05) is 25.7 Å². The van der Waals surface area contributed by atoms with Gasteiger partial charge in [0.1, 0.15) is 0 Å². The Bertz CT molecular complexity index is 524. The normalized spacial score (nSPS) is 10.2. The lowest BCUT2D eigenvalue weighted by Crippen LogP contribution is -2.32. The minimum Gasteiger partial charge on any atom is -0.490 e. The second-order valence-electron chi connectivity index (χ2n) is 5.07. The Morgan fingerprint density at radius 2 is 1.70 bits per heavy atom. The number of benzene rings is 1. The SMILES string of the molecule is CCCN(CCC)C(=O)c1ccc(OCC(=O)O)c(OCC)c1. The van der Waals surface area contributed by atoms with Gasteiger partial charge in [0, 0.05) is 18.7 Å². The van der Waals surface area contributed by atoms with E-state index < -0.39 is 12.6 Å². The van der Waals surface area contributed by atoms with Crippen LogP contribution in [0, 0.1) is 0 Å². The number of rotatable bonds is 10. The van der Waals surface area contributed by atoms with Crippen LogP contribution < -0.4 is 9.47 Å². The number of carboxylic acids is 1. The molecule has 23 heavy (non-hydrogen) atoms. The number of hydrogen-bond donors (Lipinski definition) is 1. The molecule has 0 aliphatic heterocycles. The summed E-state index contributed by atoms with van der Waals surface area (Å²) < 4.78 is 10.7. The molecule has 0 bridgehead atoms. The first-order chi connectivity index (χ1) is 11.0. The summed E-state index contributed by atoms with van der Waals surface area (Å²) in [5.41, 5.74) is 0.512. The van der Waals surface area contributed by atoms with Crippen molar-refractivity contribution in [2.45, 2.75) is 33.6 Å². The van der Waals surface area contributed by atoms with Gasteiger partial charge in [-0.25, -0.2) is 4.79 Å². The van der Waals surface area contributed by atoms with Gasteiger partial charge in [0.2, 0.25) is 0 Å². The van der Waals surface area contributed by atoms with E-state index in [-0.39, 0.29) is 5.91 Å². The number of ether oxygens (including phenoxy) is 2. The first-order valence-electron chi connectivity index (χ1n) is 7.94. The fourth-order valence-corrected chi connectivity index (χ4v) is 2.21. The molecule has 1 amide bonds. The Labute approximate surface area is 137 Å². The molecule has 0 saturated heterocycles. The van der Waals surface area contributed by atoms with Crippen LogP contribution in [-0.4, -0.2) is 48.2 Å². The molecule has 1 rings (SSSR count). The van der Waals surface area contributed by atoms with E-state index in [2.05, 4.69) is 0 Å². The molecular formula is C17H25NO5. The van der Waals surface area contributed by atoms with E-state index in [4.69, 9.17) is 14.6 Å². The average Bonchev–Trinajstić information content (AvgIpc) is 2.53. The lowest BCUT2D eigenvalue weighted by Gasteiger charge is -2.22. The van der Waals surface area contributed by atoms with Crippen molar-refractivity contribution >= 4 is 11.9 Å². The van der Waals surface area contributed by atoms with Crippen molar-refractivity contribution in [2.75, 3.05) is 26.3 Å². The number of hydrogen-bond acceptors (Lipinski definition) is 4. The molecule has 0 aliphatic rings. The fraction of sp³-hybridized carbons (Fsp3) is 0.529. The van der Waals surface area contributed by atoms with Gasteiger partial charge in [-0.1, -0.05) is 13.8 Å². The van der Waals surface area contributed by atoms with Crippen LogP contribution in [0.2, 0.25) is 0 Å². The summed E-state index contributed by atoms with van der Waals surface area (Å²) in [6.07, 6.45) is 1.79. The second-order valence-corrected chi connectivity index (χ2v) is 5.07. The van der Waals surface area contributed by atoms with Gasteiger partial charge in [-0.2, -0.15) is 0 Å². The minimum absolute atomic E-state index is 0.0561. The van der Waals surface area contributed by atoms with Gasteiger partial charge in [0.25, 0.3) is 5.91 Å². The molecule has 0 atom stereocenters. The van der Waals surface area contributed by atoms with Crippen molar-refractivity contribution in [1.82, 2.24) is 4.90 Å². The zero-order chi connectivity index (χ0) is 17.2. The van der Waals surface area contributed by atoms with Crippen LogP contribution in [0.4, 0.5) is 0 Å². The Hall–Kier alpha value is -2.24. The topological polar surface area (TPSA) is 76.1 Å². The van der Waals surface area contributed by atoms with Crippen molar-refractivity contribution in [1.29, 1.82) is 0 Å². The van der Waals surface area contributed by atoms with E-state index >= 15 is 0 Å². The first kappa shape index (κ1) is 18.8. The maximum absolute atomic E-state index is 12.6. The molecule has 0 unspecified atom stereocenters. The molecule has 0 aromatic heterocycles. The molecule has 0 aliphatic carbocycles. The largest absolute Gasteiger partial charge is 0.490 e. The molecule has 128 valence electrons. The Morgan fingerprint density at radius 1 is 1.04 bits per heavy atom. The van der Waals surface area contributed by atoms with Crippen LogP contribution in [0.1, 0.15) is 44.0 Å².